The summed E-state index contributed by atoms with van der Waals surface area (Å²) in [6, 6.07) is 5.60. The highest BCUT2D eigenvalue weighted by molar-refractivity contribution is 7.90. The second kappa shape index (κ2) is 5.38. The summed E-state index contributed by atoms with van der Waals surface area (Å²) in [6.45, 7) is 1.62. The van der Waals surface area contributed by atoms with E-state index in [1.807, 2.05) is 0 Å². The van der Waals surface area contributed by atoms with E-state index in [-0.39, 0.29) is 22.0 Å². The molecule has 0 saturated carbocycles. The Morgan fingerprint density at radius 3 is 2.50 bits per heavy atom. The number of nitrogens with zero attached hydrogens (tertiary/aromatic N) is 2. The molecular weight excluding hydrogens is 280 g/mol. The zero-order chi connectivity index (χ0) is 14.8. The average Bonchev–Trinajstić information content (AvgIpc) is 2.39. The first-order chi connectivity index (χ1) is 9.40. The first-order valence-corrected chi connectivity index (χ1v) is 7.38. The molecule has 7 heteroatoms. The molecule has 6 nitrogen and oxygen atoms in total. The van der Waals surface area contributed by atoms with Crippen LogP contribution in [0.2, 0.25) is 0 Å². The molecule has 0 spiro atoms. The largest absolute Gasteiger partial charge is 0.478 e. The van der Waals surface area contributed by atoms with Gasteiger partial charge in [-0.1, -0.05) is 6.07 Å². The monoisotopic (exact) mass is 292 g/mol. The minimum absolute atomic E-state index is 0.00940. The number of hydrogen-bond donors (Lipinski definition) is 1. The van der Waals surface area contributed by atoms with Crippen LogP contribution in [-0.4, -0.2) is 29.5 Å². The number of hydrogen-bond acceptors (Lipinski definition) is 5. The zero-order valence-electron chi connectivity index (χ0n) is 10.6. The summed E-state index contributed by atoms with van der Waals surface area (Å²) in [6.07, 6.45) is 2.91. The highest BCUT2D eigenvalue weighted by Crippen LogP contribution is 2.20. The second-order valence-corrected chi connectivity index (χ2v) is 6.17. The maximum Gasteiger partial charge on any atom is 0.335 e. The fraction of sp³-hybridized carbons (Fsp3) is 0.154. The Hall–Kier alpha value is -2.28. The number of aromatic nitrogens is 2. The topological polar surface area (TPSA) is 97.2 Å². The van der Waals surface area contributed by atoms with Crippen LogP contribution in [0.15, 0.2) is 41.6 Å². The summed E-state index contributed by atoms with van der Waals surface area (Å²) in [5.74, 6) is -1.36. The molecule has 20 heavy (non-hydrogen) atoms. The maximum atomic E-state index is 12.3. The standard InChI is InChI=1S/C13H12N2O4S/c1-9-3-4-10(13(16)17)7-11(9)20(18,19)8-12-14-5-2-6-15-12/h2-7H,8H2,1H3,(H,16,17). The number of benzene rings is 1. The van der Waals surface area contributed by atoms with Gasteiger partial charge in [-0.15, -0.1) is 0 Å². The van der Waals surface area contributed by atoms with Crippen molar-refractivity contribution in [2.75, 3.05) is 0 Å². The van der Waals surface area contributed by atoms with Crippen LogP contribution in [0.1, 0.15) is 21.7 Å². The summed E-state index contributed by atoms with van der Waals surface area (Å²) in [5, 5.41) is 8.94. The van der Waals surface area contributed by atoms with E-state index in [0.29, 0.717) is 5.56 Å². The van der Waals surface area contributed by atoms with Crippen molar-refractivity contribution in [3.63, 3.8) is 0 Å². The lowest BCUT2D eigenvalue weighted by atomic mass is 10.1. The van der Waals surface area contributed by atoms with Gasteiger partial charge in [0.2, 0.25) is 0 Å². The molecule has 0 unspecified atom stereocenters. The van der Waals surface area contributed by atoms with Crippen LogP contribution in [0.3, 0.4) is 0 Å². The van der Waals surface area contributed by atoms with E-state index in [1.165, 1.54) is 24.5 Å². The van der Waals surface area contributed by atoms with Crippen molar-refractivity contribution in [1.82, 2.24) is 9.97 Å². The van der Waals surface area contributed by atoms with Crippen molar-refractivity contribution in [2.24, 2.45) is 0 Å². The smallest absolute Gasteiger partial charge is 0.335 e. The van der Waals surface area contributed by atoms with Gasteiger partial charge in [-0.25, -0.2) is 23.2 Å². The summed E-state index contributed by atoms with van der Waals surface area (Å²) >= 11 is 0. The zero-order valence-corrected chi connectivity index (χ0v) is 11.5. The molecule has 104 valence electrons. The normalized spacial score (nSPS) is 11.2. The van der Waals surface area contributed by atoms with E-state index < -0.39 is 15.8 Å². The number of carboxylic acids is 1. The van der Waals surface area contributed by atoms with Gasteiger partial charge in [0.05, 0.1) is 10.5 Å². The minimum atomic E-state index is -3.69. The molecule has 0 aliphatic carbocycles. The Labute approximate surface area is 116 Å². The van der Waals surface area contributed by atoms with E-state index in [9.17, 15) is 13.2 Å². The lowest BCUT2D eigenvalue weighted by molar-refractivity contribution is 0.0696. The van der Waals surface area contributed by atoms with Crippen LogP contribution in [0.5, 0.6) is 0 Å². The van der Waals surface area contributed by atoms with Gasteiger partial charge >= 0.3 is 5.97 Å². The molecule has 0 saturated heterocycles. The molecule has 1 aromatic carbocycles. The van der Waals surface area contributed by atoms with Crippen molar-refractivity contribution in [3.8, 4) is 0 Å². The number of sulfone groups is 1. The molecule has 0 aliphatic heterocycles. The summed E-state index contributed by atoms with van der Waals surface area (Å²) < 4.78 is 24.6. The third kappa shape index (κ3) is 3.00. The molecule has 0 aliphatic rings. The molecule has 1 aromatic heterocycles. The molecule has 0 amide bonds. The van der Waals surface area contributed by atoms with Crippen molar-refractivity contribution in [2.45, 2.75) is 17.6 Å². The summed E-state index contributed by atoms with van der Waals surface area (Å²) in [4.78, 5) is 18.7. The van der Waals surface area contributed by atoms with Crippen LogP contribution < -0.4 is 0 Å². The van der Waals surface area contributed by atoms with Gasteiger partial charge in [0.1, 0.15) is 11.6 Å². The van der Waals surface area contributed by atoms with E-state index in [1.54, 1.807) is 13.0 Å². The maximum absolute atomic E-state index is 12.3. The molecule has 0 bridgehead atoms. The van der Waals surface area contributed by atoms with Crippen LogP contribution in [0.25, 0.3) is 0 Å². The van der Waals surface area contributed by atoms with Gasteiger partial charge in [-0.3, -0.25) is 0 Å². The van der Waals surface area contributed by atoms with Crippen LogP contribution in [0.4, 0.5) is 0 Å². The van der Waals surface area contributed by atoms with Gasteiger partial charge in [0.15, 0.2) is 9.84 Å². The van der Waals surface area contributed by atoms with E-state index in [2.05, 4.69) is 9.97 Å². The number of aromatic carboxylic acids is 1. The number of carbonyl (C=O) groups is 1. The Kier molecular flexibility index (Phi) is 3.80. The van der Waals surface area contributed by atoms with Crippen LogP contribution in [-0.2, 0) is 15.6 Å². The van der Waals surface area contributed by atoms with Crippen molar-refractivity contribution < 1.29 is 18.3 Å². The van der Waals surface area contributed by atoms with E-state index in [4.69, 9.17) is 5.11 Å². The van der Waals surface area contributed by atoms with Gasteiger partial charge in [-0.05, 0) is 30.7 Å². The van der Waals surface area contributed by atoms with Crippen molar-refractivity contribution in [3.05, 3.63) is 53.6 Å². The fourth-order valence-electron chi connectivity index (χ4n) is 1.72. The molecule has 0 radical (unpaired) electrons. The molecule has 0 atom stereocenters. The Balaban J connectivity index is 2.44. The fourth-order valence-corrected chi connectivity index (χ4v) is 3.23. The summed E-state index contributed by atoms with van der Waals surface area (Å²) in [7, 11) is -3.69. The highest BCUT2D eigenvalue weighted by atomic mass is 32.2. The lowest BCUT2D eigenvalue weighted by Crippen LogP contribution is -2.10. The first kappa shape index (κ1) is 14.1. The minimum Gasteiger partial charge on any atom is -0.478 e. The van der Waals surface area contributed by atoms with Crippen LogP contribution in [0, 0.1) is 6.92 Å². The van der Waals surface area contributed by atoms with E-state index >= 15 is 0 Å². The quantitative estimate of drug-likeness (QED) is 0.916. The van der Waals surface area contributed by atoms with Crippen LogP contribution >= 0.6 is 0 Å². The first-order valence-electron chi connectivity index (χ1n) is 5.73. The SMILES string of the molecule is Cc1ccc(C(=O)O)cc1S(=O)(=O)Cc1ncccn1. The second-order valence-electron chi connectivity index (χ2n) is 4.21. The molecule has 1 heterocycles. The predicted octanol–water partition coefficient (Wildman–Crippen LogP) is 1.46. The van der Waals surface area contributed by atoms with Gasteiger partial charge in [0.25, 0.3) is 0 Å². The third-order valence-electron chi connectivity index (χ3n) is 2.71. The van der Waals surface area contributed by atoms with Crippen molar-refractivity contribution >= 4 is 15.8 Å². The molecular formula is C13H12N2O4S. The Bertz CT molecular complexity index is 742. The van der Waals surface area contributed by atoms with Gasteiger partial charge in [-0.2, -0.15) is 0 Å². The van der Waals surface area contributed by atoms with E-state index in [0.717, 1.165) is 6.07 Å². The number of aryl methyl sites for hydroxylation is 1. The third-order valence-corrected chi connectivity index (χ3v) is 4.46. The van der Waals surface area contributed by atoms with Crippen molar-refractivity contribution in [1.29, 1.82) is 0 Å². The highest BCUT2D eigenvalue weighted by Gasteiger charge is 2.20. The lowest BCUT2D eigenvalue weighted by Gasteiger charge is -2.08. The molecule has 2 aromatic rings. The summed E-state index contributed by atoms with van der Waals surface area (Å²) in [5.41, 5.74) is 0.425. The molecule has 2 rings (SSSR count). The molecule has 1 N–H and O–H groups in total. The Morgan fingerprint density at radius 2 is 1.90 bits per heavy atom. The van der Waals surface area contributed by atoms with Gasteiger partial charge < -0.3 is 5.11 Å². The van der Waals surface area contributed by atoms with Gasteiger partial charge in [0, 0.05) is 12.4 Å². The average molecular weight is 292 g/mol. The predicted molar refractivity (Wildman–Crippen MR) is 71.1 cm³/mol. The Morgan fingerprint density at radius 1 is 1.25 bits per heavy atom. The number of carboxylic acid groups (broad SMARTS) is 1. The number of rotatable bonds is 4. The molecule has 0 fully saturated rings.